The summed E-state index contributed by atoms with van der Waals surface area (Å²) in [4.78, 5) is 64.3. The fourth-order valence-corrected chi connectivity index (χ4v) is 4.48. The number of imide groups is 2. The van der Waals surface area contributed by atoms with Gasteiger partial charge in [0.05, 0.1) is 29.5 Å². The van der Waals surface area contributed by atoms with Gasteiger partial charge in [-0.3, -0.25) is 29.0 Å². The van der Waals surface area contributed by atoms with Gasteiger partial charge in [-0.25, -0.2) is 4.79 Å². The van der Waals surface area contributed by atoms with Crippen molar-refractivity contribution in [3.8, 4) is 0 Å². The predicted molar refractivity (Wildman–Crippen MR) is 99.5 cm³/mol. The molecule has 2 heterocycles. The van der Waals surface area contributed by atoms with Gasteiger partial charge in [-0.05, 0) is 31.9 Å². The summed E-state index contributed by atoms with van der Waals surface area (Å²) in [6.07, 6.45) is 3.17. The second-order valence-corrected chi connectivity index (χ2v) is 7.69. The number of carbonyl (C=O) groups excluding carboxylic acids is 5. The fraction of sp³-hybridized carbons (Fsp3) is 0.476. The number of hydrogen-bond donors (Lipinski definition) is 0. The maximum absolute atomic E-state index is 12.6. The third-order valence-electron chi connectivity index (χ3n) is 6.04. The van der Waals surface area contributed by atoms with Crippen LogP contribution in [0.5, 0.6) is 0 Å². The van der Waals surface area contributed by atoms with Gasteiger partial charge >= 0.3 is 5.97 Å². The molecule has 0 N–H and O–H groups in total. The lowest BCUT2D eigenvalue weighted by molar-refractivity contribution is -0.158. The minimum Gasteiger partial charge on any atom is -0.462 e. The van der Waals surface area contributed by atoms with Crippen molar-refractivity contribution in [1.29, 1.82) is 0 Å². The van der Waals surface area contributed by atoms with Crippen molar-refractivity contribution in [2.45, 2.75) is 38.6 Å². The van der Waals surface area contributed by atoms with E-state index >= 15 is 0 Å². The van der Waals surface area contributed by atoms with E-state index < -0.39 is 23.8 Å². The predicted octanol–water partition coefficient (Wildman–Crippen LogP) is 1.39. The van der Waals surface area contributed by atoms with Gasteiger partial charge in [0.1, 0.15) is 12.6 Å². The van der Waals surface area contributed by atoms with E-state index in [1.807, 2.05) is 0 Å². The summed E-state index contributed by atoms with van der Waals surface area (Å²) in [6.45, 7) is 1.19. The Morgan fingerprint density at radius 3 is 2.03 bits per heavy atom. The Kier molecular flexibility index (Phi) is 4.94. The first-order valence-corrected chi connectivity index (χ1v) is 9.90. The molecule has 29 heavy (non-hydrogen) atoms. The lowest BCUT2D eigenvalue weighted by atomic mass is 9.81. The third kappa shape index (κ3) is 3.12. The molecule has 1 aromatic rings. The number of esters is 1. The number of nitrogens with zero attached hydrogens (tertiary/aromatic N) is 2. The van der Waals surface area contributed by atoms with E-state index in [2.05, 4.69) is 0 Å². The Balaban J connectivity index is 1.35. The Morgan fingerprint density at radius 2 is 1.52 bits per heavy atom. The van der Waals surface area contributed by atoms with Gasteiger partial charge in [0.15, 0.2) is 0 Å². The highest BCUT2D eigenvalue weighted by molar-refractivity contribution is 6.21. The maximum Gasteiger partial charge on any atom is 0.329 e. The number of hydrogen-bond acceptors (Lipinski definition) is 6. The Morgan fingerprint density at radius 1 is 1.00 bits per heavy atom. The first kappa shape index (κ1) is 19.3. The van der Waals surface area contributed by atoms with Gasteiger partial charge in [0, 0.05) is 0 Å². The molecule has 1 aromatic carbocycles. The van der Waals surface area contributed by atoms with Crippen LogP contribution >= 0.6 is 0 Å². The first-order valence-electron chi connectivity index (χ1n) is 9.90. The zero-order valence-corrected chi connectivity index (χ0v) is 16.1. The second-order valence-electron chi connectivity index (χ2n) is 7.69. The van der Waals surface area contributed by atoms with Gasteiger partial charge in [-0.2, -0.15) is 0 Å². The van der Waals surface area contributed by atoms with E-state index in [0.29, 0.717) is 24.0 Å². The van der Waals surface area contributed by atoms with Gasteiger partial charge in [-0.1, -0.05) is 25.0 Å². The van der Waals surface area contributed by atoms with Gasteiger partial charge in [0.25, 0.3) is 11.8 Å². The average Bonchev–Trinajstić information content (AvgIpc) is 3.13. The van der Waals surface area contributed by atoms with Crippen molar-refractivity contribution in [3.63, 3.8) is 0 Å². The molecule has 0 spiro atoms. The number of carbonyl (C=O) groups is 5. The average molecular weight is 398 g/mol. The van der Waals surface area contributed by atoms with Crippen molar-refractivity contribution in [2.75, 3.05) is 13.2 Å². The maximum atomic E-state index is 12.6. The number of rotatable bonds is 5. The van der Waals surface area contributed by atoms with Crippen LogP contribution in [0.1, 0.15) is 53.3 Å². The molecule has 1 saturated carbocycles. The first-order chi connectivity index (χ1) is 13.9. The molecule has 3 atom stereocenters. The van der Waals surface area contributed by atoms with E-state index in [0.717, 1.165) is 22.6 Å². The highest BCUT2D eigenvalue weighted by Gasteiger charge is 2.51. The normalized spacial score (nSPS) is 24.6. The number of likely N-dealkylation sites (tertiary alicyclic amines) is 1. The summed E-state index contributed by atoms with van der Waals surface area (Å²) in [5.74, 6) is -2.84. The molecule has 1 saturated heterocycles. The zero-order valence-electron chi connectivity index (χ0n) is 16.1. The monoisotopic (exact) mass is 398 g/mol. The number of amides is 4. The molecule has 0 unspecified atom stereocenters. The van der Waals surface area contributed by atoms with Crippen LogP contribution in [0, 0.1) is 11.8 Å². The van der Waals surface area contributed by atoms with Crippen LogP contribution < -0.4 is 0 Å². The van der Waals surface area contributed by atoms with Crippen molar-refractivity contribution < 1.29 is 28.7 Å². The highest BCUT2D eigenvalue weighted by atomic mass is 16.5. The van der Waals surface area contributed by atoms with Crippen LogP contribution in [0.2, 0.25) is 0 Å². The molecule has 2 aliphatic heterocycles. The van der Waals surface area contributed by atoms with Crippen LogP contribution in [-0.2, 0) is 19.1 Å². The lowest BCUT2D eigenvalue weighted by Crippen LogP contribution is -2.45. The molecule has 3 aliphatic rings. The summed E-state index contributed by atoms with van der Waals surface area (Å²) in [6, 6.07) is 5.48. The van der Waals surface area contributed by atoms with E-state index in [1.54, 1.807) is 24.3 Å². The van der Waals surface area contributed by atoms with E-state index in [9.17, 15) is 24.0 Å². The number of fused-ring (bicyclic) bond motifs is 2. The van der Waals surface area contributed by atoms with Crippen molar-refractivity contribution in [1.82, 2.24) is 9.80 Å². The van der Waals surface area contributed by atoms with Crippen LogP contribution in [-0.4, -0.2) is 58.6 Å². The SMILES string of the molecule is C[C@@H](C(=O)OCCN1C(=O)c2ccccc2C1=O)N1C(=O)[C@H]2CCCC[C@H]2C1=O. The summed E-state index contributed by atoms with van der Waals surface area (Å²) >= 11 is 0. The van der Waals surface area contributed by atoms with E-state index in [4.69, 9.17) is 4.74 Å². The summed E-state index contributed by atoms with van der Waals surface area (Å²) < 4.78 is 5.19. The molecule has 0 bridgehead atoms. The highest BCUT2D eigenvalue weighted by Crippen LogP contribution is 2.38. The van der Waals surface area contributed by atoms with Crippen molar-refractivity contribution in [3.05, 3.63) is 35.4 Å². The number of benzene rings is 1. The van der Waals surface area contributed by atoms with Crippen molar-refractivity contribution in [2.24, 2.45) is 11.8 Å². The van der Waals surface area contributed by atoms with Crippen molar-refractivity contribution >= 4 is 29.6 Å². The zero-order chi connectivity index (χ0) is 20.7. The molecule has 2 fully saturated rings. The Hall–Kier alpha value is -3.03. The molecule has 0 radical (unpaired) electrons. The molecule has 4 amide bonds. The quantitative estimate of drug-likeness (QED) is 0.549. The fourth-order valence-electron chi connectivity index (χ4n) is 4.48. The Bertz CT molecular complexity index is 851. The molecular formula is C21H22N2O6. The minimum atomic E-state index is -1.03. The second kappa shape index (κ2) is 7.42. The van der Waals surface area contributed by atoms with Gasteiger partial charge in [-0.15, -0.1) is 0 Å². The van der Waals surface area contributed by atoms with Gasteiger partial charge in [0.2, 0.25) is 11.8 Å². The molecule has 152 valence electrons. The smallest absolute Gasteiger partial charge is 0.329 e. The van der Waals surface area contributed by atoms with Gasteiger partial charge < -0.3 is 4.74 Å². The van der Waals surface area contributed by atoms with E-state index in [-0.39, 0.29) is 36.8 Å². The van der Waals surface area contributed by atoms with Crippen LogP contribution in [0.3, 0.4) is 0 Å². The minimum absolute atomic E-state index is 0.0854. The Labute approximate surface area is 167 Å². The molecule has 1 aliphatic carbocycles. The van der Waals surface area contributed by atoms with Crippen LogP contribution in [0.25, 0.3) is 0 Å². The molecular weight excluding hydrogens is 376 g/mol. The largest absolute Gasteiger partial charge is 0.462 e. The molecule has 8 nitrogen and oxygen atoms in total. The van der Waals surface area contributed by atoms with Crippen LogP contribution in [0.15, 0.2) is 24.3 Å². The topological polar surface area (TPSA) is 101 Å². The summed E-state index contributed by atoms with van der Waals surface area (Å²) in [5, 5.41) is 0. The molecule has 4 rings (SSSR count). The lowest BCUT2D eigenvalue weighted by Gasteiger charge is -2.22. The van der Waals surface area contributed by atoms with Crippen LogP contribution in [0.4, 0.5) is 0 Å². The summed E-state index contributed by atoms with van der Waals surface area (Å²) in [5.41, 5.74) is 0.654. The third-order valence-corrected chi connectivity index (χ3v) is 6.04. The standard InChI is InChI=1S/C21H22N2O6/c1-12(23-19(26)15-8-4-5-9-16(15)20(23)27)21(28)29-11-10-22-17(24)13-6-2-3-7-14(13)18(22)25/h2-3,6-7,12,15-16H,4-5,8-11H2,1H3/t12-,15-,16+/m0/s1. The molecule has 8 heteroatoms. The molecule has 0 aromatic heterocycles. The van der Waals surface area contributed by atoms with E-state index in [1.165, 1.54) is 6.92 Å². The number of ether oxygens (including phenoxy) is 1. The summed E-state index contributed by atoms with van der Waals surface area (Å²) in [7, 11) is 0.